The molecule has 0 bridgehead atoms. The fourth-order valence-electron chi connectivity index (χ4n) is 1.71. The van der Waals surface area contributed by atoms with Gasteiger partial charge in [-0.3, -0.25) is 8.82 Å². The van der Waals surface area contributed by atoms with Crippen molar-refractivity contribution in [2.75, 3.05) is 33.5 Å². The van der Waals surface area contributed by atoms with Crippen molar-refractivity contribution in [2.45, 2.75) is 26.4 Å². The molecule has 0 saturated carbocycles. The molecule has 1 N–H and O–H groups in total. The van der Waals surface area contributed by atoms with Crippen molar-refractivity contribution in [3.8, 4) is 0 Å². The maximum atomic E-state index is 12.9. The third-order valence-electron chi connectivity index (χ3n) is 3.18. The number of quaternary nitrogens is 1. The summed E-state index contributed by atoms with van der Waals surface area (Å²) < 4.78 is 18.4. The number of hydrogen-bond acceptors (Lipinski definition) is 4. The van der Waals surface area contributed by atoms with Crippen LogP contribution in [0.2, 0.25) is 0 Å². The average Bonchev–Trinajstić information content (AvgIpc) is 2.33. The van der Waals surface area contributed by atoms with Gasteiger partial charge in [0.25, 0.3) is 7.29 Å². The monoisotopic (exact) mass is 306 g/mol. The molecule has 0 radical (unpaired) electrons. The van der Waals surface area contributed by atoms with Gasteiger partial charge in [0.05, 0.1) is 27.3 Å². The number of nitrogens with zero attached hydrogens (tertiary/aromatic N) is 1. The lowest BCUT2D eigenvalue weighted by molar-refractivity contribution is -0.746. The highest BCUT2D eigenvalue weighted by Crippen LogP contribution is 2.53. The Morgan fingerprint density at radius 2 is 1.80 bits per heavy atom. The largest absolute Gasteiger partial charge is 0.478 e. The van der Waals surface area contributed by atoms with Crippen molar-refractivity contribution in [3.05, 3.63) is 12.2 Å². The third-order valence-corrected chi connectivity index (χ3v) is 7.33. The zero-order chi connectivity index (χ0) is 16.0. The van der Waals surface area contributed by atoms with Gasteiger partial charge in [-0.25, -0.2) is 9.59 Å². The fraction of sp³-hybridized carbons (Fsp3) is 0.692. The van der Waals surface area contributed by atoms with Crippen molar-refractivity contribution < 1.29 is 28.3 Å². The highest BCUT2D eigenvalue weighted by atomic mass is 31.2. The van der Waals surface area contributed by atoms with Gasteiger partial charge in [0.1, 0.15) is 6.10 Å². The van der Waals surface area contributed by atoms with Crippen LogP contribution < -0.4 is 0 Å². The van der Waals surface area contributed by atoms with E-state index in [1.54, 1.807) is 0 Å². The van der Waals surface area contributed by atoms with E-state index in [4.69, 9.17) is 9.84 Å². The molecule has 0 aromatic carbocycles. The number of carboxylic acid groups (broad SMARTS) is 1. The van der Waals surface area contributed by atoms with Crippen LogP contribution in [0.15, 0.2) is 12.2 Å². The maximum Gasteiger partial charge on any atom is 0.331 e. The first-order chi connectivity index (χ1) is 9.05. The average molecular weight is 306 g/mol. The van der Waals surface area contributed by atoms with Crippen LogP contribution in [-0.4, -0.2) is 60.9 Å². The molecule has 0 aromatic heterocycles. The van der Waals surface area contributed by atoms with Gasteiger partial charge in [-0.2, -0.15) is 0 Å². The summed E-state index contributed by atoms with van der Waals surface area (Å²) in [5, 5.41) is 8.44. The smallest absolute Gasteiger partial charge is 0.331 e. The molecule has 0 rings (SSSR count). The van der Waals surface area contributed by atoms with E-state index in [1.165, 1.54) is 0 Å². The lowest BCUT2D eigenvalue weighted by atomic mass is 10.3. The Morgan fingerprint density at radius 1 is 1.25 bits per heavy atom. The van der Waals surface area contributed by atoms with E-state index in [0.29, 0.717) is 23.0 Å². The molecular weight excluding hydrogens is 281 g/mol. The Bertz CT molecular complexity index is 425. The Labute approximate surface area is 120 Å². The Morgan fingerprint density at radius 3 is 2.15 bits per heavy atom. The van der Waals surface area contributed by atoms with Crippen molar-refractivity contribution in [3.63, 3.8) is 0 Å². The summed E-state index contributed by atoms with van der Waals surface area (Å²) in [5.74, 6) is -1.93. The summed E-state index contributed by atoms with van der Waals surface area (Å²) in [7, 11) is 3.06. The summed E-state index contributed by atoms with van der Waals surface area (Å²) in [5.41, 5.74) is 0. The molecule has 0 aliphatic heterocycles. The van der Waals surface area contributed by atoms with E-state index in [0.717, 1.165) is 12.2 Å². The van der Waals surface area contributed by atoms with Gasteiger partial charge in [-0.15, -0.1) is 0 Å². The van der Waals surface area contributed by atoms with E-state index in [9.17, 15) is 14.2 Å². The van der Waals surface area contributed by atoms with Gasteiger partial charge in [0, 0.05) is 18.3 Å². The molecule has 0 heterocycles. The molecule has 0 fully saturated rings. The normalized spacial score (nSPS) is 16.6. The first-order valence-electron chi connectivity index (χ1n) is 6.57. The van der Waals surface area contributed by atoms with Crippen LogP contribution in [0.5, 0.6) is 0 Å². The standard InChI is InChI=1S/C13H24NO5P/c1-6-11(19-13(17)9-8-12(15)16)10-20(18,7-2)14(3,4)5/h8-9,11H,6-7,10H2,1-5H3/p+1/b9-8+. The van der Waals surface area contributed by atoms with Gasteiger partial charge in [0.15, 0.2) is 0 Å². The van der Waals surface area contributed by atoms with Crippen molar-refractivity contribution in [2.24, 2.45) is 0 Å². The van der Waals surface area contributed by atoms with E-state index < -0.39 is 25.3 Å². The van der Waals surface area contributed by atoms with E-state index in [1.807, 2.05) is 35.0 Å². The molecule has 0 amide bonds. The molecule has 0 aliphatic rings. The molecule has 0 aliphatic carbocycles. The molecule has 0 spiro atoms. The summed E-state index contributed by atoms with van der Waals surface area (Å²) in [4.78, 5) is 21.8. The van der Waals surface area contributed by atoms with Crippen molar-refractivity contribution in [1.82, 2.24) is 0 Å². The first kappa shape index (κ1) is 18.9. The Hall–Kier alpha value is -1.13. The third kappa shape index (κ3) is 5.88. The first-order valence-corrected chi connectivity index (χ1v) is 8.60. The minimum atomic E-state index is -2.53. The van der Waals surface area contributed by atoms with Gasteiger partial charge < -0.3 is 9.84 Å². The van der Waals surface area contributed by atoms with Gasteiger partial charge in [-0.05, 0) is 6.42 Å². The lowest BCUT2D eigenvalue weighted by Gasteiger charge is -2.35. The van der Waals surface area contributed by atoms with E-state index >= 15 is 0 Å². The molecule has 20 heavy (non-hydrogen) atoms. The minimum Gasteiger partial charge on any atom is -0.478 e. The predicted octanol–water partition coefficient (Wildman–Crippen LogP) is 1.95. The molecule has 7 heteroatoms. The molecule has 0 saturated heterocycles. The molecule has 116 valence electrons. The molecule has 0 aromatic rings. The van der Waals surface area contributed by atoms with Crippen LogP contribution >= 0.6 is 7.29 Å². The Balaban J connectivity index is 4.83. The maximum absolute atomic E-state index is 12.9. The molecular formula is C13H25NO5P+. The van der Waals surface area contributed by atoms with Crippen molar-refractivity contribution >= 4 is 19.2 Å². The van der Waals surface area contributed by atoms with Crippen LogP contribution in [-0.2, 0) is 18.9 Å². The van der Waals surface area contributed by atoms with Gasteiger partial charge in [0.2, 0.25) is 0 Å². The summed E-state index contributed by atoms with van der Waals surface area (Å²) in [6.07, 6.45) is 2.49. The second-order valence-corrected chi connectivity index (χ2v) is 9.32. The number of carbonyl (C=O) groups is 2. The zero-order valence-electron chi connectivity index (χ0n) is 12.8. The van der Waals surface area contributed by atoms with Crippen LogP contribution in [0.3, 0.4) is 0 Å². The lowest BCUT2D eigenvalue weighted by Crippen LogP contribution is -2.36. The number of rotatable bonds is 8. The van der Waals surface area contributed by atoms with Crippen LogP contribution in [0, 0.1) is 0 Å². The number of esters is 1. The topological polar surface area (TPSA) is 80.7 Å². The fourth-order valence-corrected chi connectivity index (χ4v) is 4.27. The summed E-state index contributed by atoms with van der Waals surface area (Å²) in [6.45, 7) is 3.71. The number of carbonyl (C=O) groups excluding carboxylic acids is 1. The highest BCUT2D eigenvalue weighted by Gasteiger charge is 2.38. The van der Waals surface area contributed by atoms with Crippen LogP contribution in [0.25, 0.3) is 0 Å². The van der Waals surface area contributed by atoms with Crippen LogP contribution in [0.4, 0.5) is 0 Å². The highest BCUT2D eigenvalue weighted by molar-refractivity contribution is 7.58. The zero-order valence-corrected chi connectivity index (χ0v) is 13.7. The predicted molar refractivity (Wildman–Crippen MR) is 78.0 cm³/mol. The SMILES string of the molecule is CCC(CP(=O)(CC)[N+](C)(C)C)OC(=O)/C=C/C(=O)O. The van der Waals surface area contributed by atoms with Crippen molar-refractivity contribution in [1.29, 1.82) is 0 Å². The Kier molecular flexibility index (Phi) is 7.17. The molecule has 2 atom stereocenters. The minimum absolute atomic E-state index is 0.302. The van der Waals surface area contributed by atoms with Gasteiger partial charge >= 0.3 is 11.9 Å². The van der Waals surface area contributed by atoms with E-state index in [2.05, 4.69) is 0 Å². The second kappa shape index (κ2) is 7.60. The number of hydrogen-bond donors (Lipinski definition) is 1. The number of ether oxygens (including phenoxy) is 1. The molecule has 2 unspecified atom stereocenters. The quantitative estimate of drug-likeness (QED) is 0.421. The summed E-state index contributed by atoms with van der Waals surface area (Å²) in [6, 6.07) is 0. The van der Waals surface area contributed by atoms with Gasteiger partial charge in [-0.1, -0.05) is 13.8 Å². The number of aliphatic carboxylic acids is 1. The van der Waals surface area contributed by atoms with E-state index in [-0.39, 0.29) is 0 Å². The molecule has 6 nitrogen and oxygen atoms in total. The van der Waals surface area contributed by atoms with Crippen LogP contribution in [0.1, 0.15) is 20.3 Å². The second-order valence-electron chi connectivity index (χ2n) is 5.43. The summed E-state index contributed by atoms with van der Waals surface area (Å²) >= 11 is 0. The number of carboxylic acids is 1.